The van der Waals surface area contributed by atoms with Gasteiger partial charge in [-0.1, -0.05) is 40.2 Å². The van der Waals surface area contributed by atoms with Crippen LogP contribution in [-0.2, 0) is 27.1 Å². The predicted molar refractivity (Wildman–Crippen MR) is 103 cm³/mol. The standard InChI is InChI=1S/C18H18BrFN2O3S/c1-21-26(24,25)12-14-4-2-13(3-5-14)11-22-18(23)9-6-15-10-16(19)7-8-17(15)20/h2-10,21H,11-12H2,1H3,(H,22,23)/b9-6+. The highest BCUT2D eigenvalue weighted by atomic mass is 79.9. The lowest BCUT2D eigenvalue weighted by molar-refractivity contribution is -0.116. The monoisotopic (exact) mass is 440 g/mol. The van der Waals surface area contributed by atoms with Crippen molar-refractivity contribution in [3.8, 4) is 0 Å². The van der Waals surface area contributed by atoms with Gasteiger partial charge in [-0.25, -0.2) is 17.5 Å². The zero-order valence-electron chi connectivity index (χ0n) is 14.0. The molecule has 0 aliphatic rings. The molecular weight excluding hydrogens is 423 g/mol. The van der Waals surface area contributed by atoms with E-state index in [-0.39, 0.29) is 18.2 Å². The maximum atomic E-state index is 13.6. The van der Waals surface area contributed by atoms with Crippen molar-refractivity contribution in [2.75, 3.05) is 7.05 Å². The zero-order chi connectivity index (χ0) is 19.2. The van der Waals surface area contributed by atoms with E-state index in [2.05, 4.69) is 26.0 Å². The molecule has 8 heteroatoms. The van der Waals surface area contributed by atoms with Crippen LogP contribution in [0.25, 0.3) is 6.08 Å². The molecule has 2 aromatic carbocycles. The third-order valence-corrected chi connectivity index (χ3v) is 5.36. The Bertz CT molecular complexity index is 913. The molecule has 0 unspecified atom stereocenters. The Labute approximate surface area is 160 Å². The van der Waals surface area contributed by atoms with Gasteiger partial charge in [-0.2, -0.15) is 0 Å². The molecule has 5 nitrogen and oxygen atoms in total. The van der Waals surface area contributed by atoms with Crippen LogP contribution in [0.15, 0.2) is 53.0 Å². The average Bonchev–Trinajstić information content (AvgIpc) is 2.61. The van der Waals surface area contributed by atoms with Crippen molar-refractivity contribution in [2.24, 2.45) is 0 Å². The first-order valence-corrected chi connectivity index (χ1v) is 10.1. The number of nitrogens with one attached hydrogen (secondary N) is 2. The smallest absolute Gasteiger partial charge is 0.244 e. The Morgan fingerprint density at radius 1 is 1.15 bits per heavy atom. The highest BCUT2D eigenvalue weighted by Gasteiger charge is 2.08. The van der Waals surface area contributed by atoms with Gasteiger partial charge in [0, 0.05) is 22.7 Å². The second kappa shape index (κ2) is 9.07. The summed E-state index contributed by atoms with van der Waals surface area (Å²) in [6.45, 7) is 0.281. The summed E-state index contributed by atoms with van der Waals surface area (Å²) in [6.07, 6.45) is 2.67. The van der Waals surface area contributed by atoms with Crippen LogP contribution in [0.4, 0.5) is 4.39 Å². The van der Waals surface area contributed by atoms with Crippen molar-refractivity contribution in [1.82, 2.24) is 10.0 Å². The first-order chi connectivity index (χ1) is 12.3. The van der Waals surface area contributed by atoms with E-state index in [1.54, 1.807) is 36.4 Å². The van der Waals surface area contributed by atoms with E-state index in [0.29, 0.717) is 11.1 Å². The molecule has 0 bridgehead atoms. The van der Waals surface area contributed by atoms with E-state index in [0.717, 1.165) is 10.0 Å². The Morgan fingerprint density at radius 3 is 2.46 bits per heavy atom. The summed E-state index contributed by atoms with van der Waals surface area (Å²) >= 11 is 3.25. The van der Waals surface area contributed by atoms with Crippen LogP contribution in [0.1, 0.15) is 16.7 Å². The van der Waals surface area contributed by atoms with Crippen LogP contribution < -0.4 is 10.0 Å². The summed E-state index contributed by atoms with van der Waals surface area (Å²) in [5, 5.41) is 2.69. The minimum absolute atomic E-state index is 0.100. The molecule has 1 amide bonds. The number of amides is 1. The first kappa shape index (κ1) is 20.3. The van der Waals surface area contributed by atoms with Gasteiger partial charge < -0.3 is 5.32 Å². The lowest BCUT2D eigenvalue weighted by Crippen LogP contribution is -2.21. The maximum Gasteiger partial charge on any atom is 0.244 e. The van der Waals surface area contributed by atoms with Crippen LogP contribution in [-0.4, -0.2) is 21.4 Å². The lowest BCUT2D eigenvalue weighted by Gasteiger charge is -2.06. The van der Waals surface area contributed by atoms with Crippen LogP contribution in [0.3, 0.4) is 0 Å². The molecule has 2 N–H and O–H groups in total. The number of rotatable bonds is 7. The number of carbonyl (C=O) groups is 1. The second-order valence-corrected chi connectivity index (χ2v) is 8.34. The number of carbonyl (C=O) groups excluding carboxylic acids is 1. The van der Waals surface area contributed by atoms with E-state index in [1.807, 2.05) is 0 Å². The van der Waals surface area contributed by atoms with Gasteiger partial charge in [-0.15, -0.1) is 0 Å². The van der Waals surface area contributed by atoms with Gasteiger partial charge >= 0.3 is 0 Å². The minimum atomic E-state index is -3.31. The van der Waals surface area contributed by atoms with Crippen LogP contribution >= 0.6 is 15.9 Å². The summed E-state index contributed by atoms with van der Waals surface area (Å²) in [6, 6.07) is 11.4. The summed E-state index contributed by atoms with van der Waals surface area (Å²) in [5.41, 5.74) is 1.79. The van der Waals surface area contributed by atoms with Crippen molar-refractivity contribution >= 4 is 37.9 Å². The van der Waals surface area contributed by atoms with Crippen LogP contribution in [0, 0.1) is 5.82 Å². The van der Waals surface area contributed by atoms with Crippen molar-refractivity contribution in [1.29, 1.82) is 0 Å². The number of hydrogen-bond acceptors (Lipinski definition) is 3. The number of hydrogen-bond donors (Lipinski definition) is 2. The van der Waals surface area contributed by atoms with E-state index < -0.39 is 15.8 Å². The topological polar surface area (TPSA) is 75.3 Å². The molecule has 2 aromatic rings. The number of benzene rings is 2. The fraction of sp³-hybridized carbons (Fsp3) is 0.167. The van der Waals surface area contributed by atoms with Gasteiger partial charge in [-0.3, -0.25) is 4.79 Å². The van der Waals surface area contributed by atoms with E-state index in [4.69, 9.17) is 0 Å². The fourth-order valence-electron chi connectivity index (χ4n) is 2.10. The highest BCUT2D eigenvalue weighted by molar-refractivity contribution is 9.10. The van der Waals surface area contributed by atoms with Crippen molar-refractivity contribution in [2.45, 2.75) is 12.3 Å². The molecular formula is C18H18BrFN2O3S. The lowest BCUT2D eigenvalue weighted by atomic mass is 10.1. The molecule has 0 aliphatic heterocycles. The summed E-state index contributed by atoms with van der Waals surface area (Å²) < 4.78 is 39.6. The minimum Gasteiger partial charge on any atom is -0.348 e. The van der Waals surface area contributed by atoms with E-state index in [9.17, 15) is 17.6 Å². The molecule has 2 rings (SSSR count). The zero-order valence-corrected chi connectivity index (χ0v) is 16.4. The maximum absolute atomic E-state index is 13.6. The van der Waals surface area contributed by atoms with Gasteiger partial charge in [0.2, 0.25) is 15.9 Å². The largest absolute Gasteiger partial charge is 0.348 e. The Kier molecular flexibility index (Phi) is 7.07. The molecule has 0 heterocycles. The predicted octanol–water partition coefficient (Wildman–Crippen LogP) is 2.97. The molecule has 0 aromatic heterocycles. The second-order valence-electron chi connectivity index (χ2n) is 5.50. The Balaban J connectivity index is 1.91. The van der Waals surface area contributed by atoms with E-state index >= 15 is 0 Å². The summed E-state index contributed by atoms with van der Waals surface area (Å²) in [5.74, 6) is -0.868. The van der Waals surface area contributed by atoms with Crippen LogP contribution in [0.5, 0.6) is 0 Å². The molecule has 0 saturated carbocycles. The summed E-state index contributed by atoms with van der Waals surface area (Å²) in [7, 11) is -1.95. The quantitative estimate of drug-likeness (QED) is 0.649. The first-order valence-electron chi connectivity index (χ1n) is 7.69. The molecule has 0 spiro atoms. The van der Waals surface area contributed by atoms with Crippen molar-refractivity contribution in [3.63, 3.8) is 0 Å². The van der Waals surface area contributed by atoms with Gasteiger partial charge in [0.1, 0.15) is 5.82 Å². The Morgan fingerprint density at radius 2 is 1.81 bits per heavy atom. The third kappa shape index (κ3) is 6.36. The molecule has 138 valence electrons. The number of halogens is 2. The van der Waals surface area contributed by atoms with E-state index in [1.165, 1.54) is 25.3 Å². The van der Waals surface area contributed by atoms with Gasteiger partial charge in [0.05, 0.1) is 5.75 Å². The fourth-order valence-corrected chi connectivity index (χ4v) is 3.26. The number of sulfonamides is 1. The molecule has 0 fully saturated rings. The normalized spacial score (nSPS) is 11.7. The molecule has 26 heavy (non-hydrogen) atoms. The molecule has 0 aliphatic carbocycles. The molecule has 0 radical (unpaired) electrons. The average molecular weight is 441 g/mol. The SMILES string of the molecule is CNS(=O)(=O)Cc1ccc(CNC(=O)/C=C/c2cc(Br)ccc2F)cc1. The van der Waals surface area contributed by atoms with Crippen molar-refractivity contribution in [3.05, 3.63) is 75.5 Å². The summed E-state index contributed by atoms with van der Waals surface area (Å²) in [4.78, 5) is 11.9. The van der Waals surface area contributed by atoms with Crippen molar-refractivity contribution < 1.29 is 17.6 Å². The Hall–Kier alpha value is -2.03. The van der Waals surface area contributed by atoms with Crippen LogP contribution in [0.2, 0.25) is 0 Å². The van der Waals surface area contributed by atoms with Gasteiger partial charge in [0.25, 0.3) is 0 Å². The van der Waals surface area contributed by atoms with Gasteiger partial charge in [0.15, 0.2) is 0 Å². The molecule has 0 saturated heterocycles. The third-order valence-electron chi connectivity index (χ3n) is 3.53. The van der Waals surface area contributed by atoms with Gasteiger partial charge in [-0.05, 0) is 42.4 Å². The molecule has 0 atom stereocenters. The highest BCUT2D eigenvalue weighted by Crippen LogP contribution is 2.16.